The van der Waals surface area contributed by atoms with E-state index in [-0.39, 0.29) is 17.1 Å². The number of amides is 1. The third-order valence-corrected chi connectivity index (χ3v) is 5.29. The second-order valence-corrected chi connectivity index (χ2v) is 8.19. The fourth-order valence-electron chi connectivity index (χ4n) is 2.74. The van der Waals surface area contributed by atoms with E-state index in [9.17, 15) is 26.4 Å². The molecule has 1 N–H and O–H groups in total. The van der Waals surface area contributed by atoms with Crippen molar-refractivity contribution < 1.29 is 40.6 Å². The minimum atomic E-state index is -4.84. The third-order valence-electron chi connectivity index (χ3n) is 4.07. The van der Waals surface area contributed by atoms with Gasteiger partial charge in [-0.25, -0.2) is 8.42 Å². The molecular formula is C19H21F3N2O6S. The number of nitrogens with one attached hydrogen (secondary N) is 1. The Morgan fingerprint density at radius 2 is 1.61 bits per heavy atom. The van der Waals surface area contributed by atoms with E-state index in [4.69, 9.17) is 9.47 Å². The molecule has 2 aromatic carbocycles. The number of sulfonamides is 1. The zero-order valence-corrected chi connectivity index (χ0v) is 17.9. The summed E-state index contributed by atoms with van der Waals surface area (Å²) >= 11 is 0. The summed E-state index contributed by atoms with van der Waals surface area (Å²) in [6.07, 6.45) is -3.91. The van der Waals surface area contributed by atoms with Crippen molar-refractivity contribution in [3.05, 3.63) is 42.5 Å². The van der Waals surface area contributed by atoms with E-state index in [0.717, 1.165) is 22.7 Å². The molecule has 12 heteroatoms. The number of anilines is 2. The summed E-state index contributed by atoms with van der Waals surface area (Å²) in [6, 6.07) is 7.68. The Morgan fingerprint density at radius 3 is 2.10 bits per heavy atom. The standard InChI is InChI=1S/C19H21F3N2O6S/c1-12(18(25)23-13-5-7-14(8-6-13)30-19(20,21)22)24(31(4,26)27)16-11-15(28-2)9-10-17(16)29-3/h5-12H,1-4H3,(H,23,25). The zero-order valence-electron chi connectivity index (χ0n) is 17.1. The Labute approximate surface area is 177 Å². The Kier molecular flexibility index (Phi) is 7.26. The number of hydrogen-bond donors (Lipinski definition) is 1. The summed E-state index contributed by atoms with van der Waals surface area (Å²) in [5, 5.41) is 2.47. The van der Waals surface area contributed by atoms with Gasteiger partial charge >= 0.3 is 6.36 Å². The van der Waals surface area contributed by atoms with Gasteiger partial charge in [-0.1, -0.05) is 0 Å². The van der Waals surface area contributed by atoms with Crippen LogP contribution in [0.15, 0.2) is 42.5 Å². The Hall–Kier alpha value is -3.15. The van der Waals surface area contributed by atoms with Gasteiger partial charge in [-0.05, 0) is 43.3 Å². The van der Waals surface area contributed by atoms with Gasteiger partial charge in [0.2, 0.25) is 15.9 Å². The molecule has 0 aromatic heterocycles. The van der Waals surface area contributed by atoms with Crippen LogP contribution in [0.2, 0.25) is 0 Å². The molecule has 0 saturated carbocycles. The average Bonchev–Trinajstić information content (AvgIpc) is 2.67. The van der Waals surface area contributed by atoms with Gasteiger partial charge in [0.05, 0.1) is 26.2 Å². The fraction of sp³-hybridized carbons (Fsp3) is 0.316. The van der Waals surface area contributed by atoms with Crippen LogP contribution in [0.25, 0.3) is 0 Å². The van der Waals surface area contributed by atoms with E-state index >= 15 is 0 Å². The van der Waals surface area contributed by atoms with E-state index in [1.54, 1.807) is 6.07 Å². The second kappa shape index (κ2) is 9.33. The molecule has 2 rings (SSSR count). The maximum absolute atomic E-state index is 12.7. The molecule has 0 heterocycles. The number of nitrogens with zero attached hydrogens (tertiary/aromatic N) is 1. The first-order chi connectivity index (χ1) is 14.4. The van der Waals surface area contributed by atoms with Crippen LogP contribution >= 0.6 is 0 Å². The number of carbonyl (C=O) groups is 1. The first-order valence-corrected chi connectivity index (χ1v) is 10.6. The number of carbonyl (C=O) groups excluding carboxylic acids is 1. The molecule has 0 aliphatic rings. The predicted molar refractivity (Wildman–Crippen MR) is 108 cm³/mol. The number of hydrogen-bond acceptors (Lipinski definition) is 6. The number of alkyl halides is 3. The molecule has 0 spiro atoms. The summed E-state index contributed by atoms with van der Waals surface area (Å²) in [7, 11) is -1.20. The number of halogens is 3. The first kappa shape index (κ1) is 24.1. The first-order valence-electron chi connectivity index (χ1n) is 8.74. The SMILES string of the molecule is COc1ccc(OC)c(N(C(C)C(=O)Nc2ccc(OC(F)(F)F)cc2)S(C)(=O)=O)c1. The Morgan fingerprint density at radius 1 is 1.03 bits per heavy atom. The highest BCUT2D eigenvalue weighted by Crippen LogP contribution is 2.35. The lowest BCUT2D eigenvalue weighted by Crippen LogP contribution is -2.45. The Balaban J connectivity index is 2.31. The highest BCUT2D eigenvalue weighted by Gasteiger charge is 2.32. The van der Waals surface area contributed by atoms with Crippen LogP contribution in [0.4, 0.5) is 24.5 Å². The lowest BCUT2D eigenvalue weighted by molar-refractivity contribution is -0.274. The molecule has 0 bridgehead atoms. The van der Waals surface area contributed by atoms with Gasteiger partial charge in [0.25, 0.3) is 0 Å². The van der Waals surface area contributed by atoms with Gasteiger partial charge < -0.3 is 19.5 Å². The van der Waals surface area contributed by atoms with E-state index in [0.29, 0.717) is 5.75 Å². The molecule has 0 fully saturated rings. The minimum Gasteiger partial charge on any atom is -0.497 e. The van der Waals surface area contributed by atoms with Crippen molar-refractivity contribution in [3.8, 4) is 17.2 Å². The van der Waals surface area contributed by atoms with Gasteiger partial charge in [0.15, 0.2) is 0 Å². The van der Waals surface area contributed by atoms with Crippen LogP contribution in [-0.4, -0.2) is 47.2 Å². The van der Waals surface area contributed by atoms with Gasteiger partial charge in [-0.15, -0.1) is 13.2 Å². The largest absolute Gasteiger partial charge is 0.573 e. The molecule has 0 aliphatic heterocycles. The van der Waals surface area contributed by atoms with E-state index in [1.165, 1.54) is 45.4 Å². The molecule has 31 heavy (non-hydrogen) atoms. The van der Waals surface area contributed by atoms with Crippen molar-refractivity contribution in [2.24, 2.45) is 0 Å². The number of rotatable bonds is 8. The smallest absolute Gasteiger partial charge is 0.497 e. The third kappa shape index (κ3) is 6.41. The van der Waals surface area contributed by atoms with E-state index < -0.39 is 34.1 Å². The van der Waals surface area contributed by atoms with Crippen molar-refractivity contribution in [1.82, 2.24) is 0 Å². The van der Waals surface area contributed by atoms with E-state index in [1.807, 2.05) is 0 Å². The monoisotopic (exact) mass is 462 g/mol. The highest BCUT2D eigenvalue weighted by atomic mass is 32.2. The Bertz CT molecular complexity index is 1030. The lowest BCUT2D eigenvalue weighted by Gasteiger charge is -2.29. The molecule has 170 valence electrons. The average molecular weight is 462 g/mol. The van der Waals surface area contributed by atoms with Crippen LogP contribution < -0.4 is 23.8 Å². The van der Waals surface area contributed by atoms with E-state index in [2.05, 4.69) is 10.1 Å². The van der Waals surface area contributed by atoms with Crippen LogP contribution in [0.3, 0.4) is 0 Å². The summed E-state index contributed by atoms with van der Waals surface area (Å²) in [6.45, 7) is 1.36. The van der Waals surface area contributed by atoms with Crippen molar-refractivity contribution in [2.75, 3.05) is 30.1 Å². The van der Waals surface area contributed by atoms with Crippen molar-refractivity contribution in [1.29, 1.82) is 0 Å². The summed E-state index contributed by atoms with van der Waals surface area (Å²) in [4.78, 5) is 12.7. The molecule has 2 aromatic rings. The van der Waals surface area contributed by atoms with Crippen molar-refractivity contribution in [3.63, 3.8) is 0 Å². The molecule has 0 aliphatic carbocycles. The molecule has 0 radical (unpaired) electrons. The van der Waals surface area contributed by atoms with Gasteiger partial charge in [-0.3, -0.25) is 9.10 Å². The van der Waals surface area contributed by atoms with Crippen LogP contribution in [-0.2, 0) is 14.8 Å². The van der Waals surface area contributed by atoms with Crippen LogP contribution in [0.1, 0.15) is 6.92 Å². The fourth-order valence-corrected chi connectivity index (χ4v) is 3.91. The molecular weight excluding hydrogens is 441 g/mol. The van der Waals surface area contributed by atoms with Gasteiger partial charge in [-0.2, -0.15) is 0 Å². The topological polar surface area (TPSA) is 94.2 Å². The van der Waals surface area contributed by atoms with Crippen molar-refractivity contribution >= 4 is 27.3 Å². The summed E-state index contributed by atoms with van der Waals surface area (Å²) < 4.78 is 76.8. The minimum absolute atomic E-state index is 0.0842. The summed E-state index contributed by atoms with van der Waals surface area (Å²) in [5.41, 5.74) is 0.235. The molecule has 1 amide bonds. The predicted octanol–water partition coefficient (Wildman–Crippen LogP) is 3.40. The summed E-state index contributed by atoms with van der Waals surface area (Å²) in [5.74, 6) is -0.644. The molecule has 1 unspecified atom stereocenters. The normalized spacial score (nSPS) is 12.6. The van der Waals surface area contributed by atoms with Gasteiger partial charge in [0, 0.05) is 11.8 Å². The second-order valence-electron chi connectivity index (χ2n) is 6.33. The van der Waals surface area contributed by atoms with Gasteiger partial charge in [0.1, 0.15) is 23.3 Å². The quantitative estimate of drug-likeness (QED) is 0.646. The number of methoxy groups -OCH3 is 2. The maximum Gasteiger partial charge on any atom is 0.573 e. The van der Waals surface area contributed by atoms with Crippen LogP contribution in [0, 0.1) is 0 Å². The number of ether oxygens (including phenoxy) is 3. The molecule has 8 nitrogen and oxygen atoms in total. The van der Waals surface area contributed by atoms with Crippen LogP contribution in [0.5, 0.6) is 17.2 Å². The van der Waals surface area contributed by atoms with Crippen molar-refractivity contribution in [2.45, 2.75) is 19.3 Å². The molecule has 0 saturated heterocycles. The molecule has 1 atom stereocenters. The highest BCUT2D eigenvalue weighted by molar-refractivity contribution is 7.92. The lowest BCUT2D eigenvalue weighted by atomic mass is 10.2. The zero-order chi connectivity index (χ0) is 23.4. The maximum atomic E-state index is 12.7. The number of benzene rings is 2.